The molecule has 0 bridgehead atoms. The van der Waals surface area contributed by atoms with E-state index in [1.54, 1.807) is 0 Å². The molecule has 2 aromatic carbocycles. The third-order valence-corrected chi connectivity index (χ3v) is 9.76. The number of carbonyl (C=O) groups is 10. The van der Waals surface area contributed by atoms with Crippen LogP contribution >= 0.6 is 0 Å². The van der Waals surface area contributed by atoms with E-state index in [9.17, 15) is 73.5 Å². The van der Waals surface area contributed by atoms with E-state index in [1.165, 1.54) is 31.2 Å². The summed E-state index contributed by atoms with van der Waals surface area (Å²) in [6.45, 7) is -1.22. The van der Waals surface area contributed by atoms with Crippen molar-refractivity contribution in [1.29, 1.82) is 0 Å². The number of amides is 9. The van der Waals surface area contributed by atoms with Crippen molar-refractivity contribution in [2.24, 2.45) is 32.9 Å². The molecule has 0 aromatic heterocycles. The number of nitrogens with two attached hydrogens (primary N) is 4. The number of nitrogens with zero attached hydrogens (tertiary/aromatic N) is 2. The number of aromatic hydroxyl groups is 4. The van der Waals surface area contributed by atoms with Gasteiger partial charge in [0.15, 0.2) is 34.9 Å². The highest BCUT2D eigenvalue weighted by Crippen LogP contribution is 2.29. The van der Waals surface area contributed by atoms with E-state index in [0.717, 1.165) is 12.1 Å². The maximum Gasteiger partial charge on any atom is 0.326 e. The van der Waals surface area contributed by atoms with Gasteiger partial charge in [-0.2, -0.15) is 0 Å². The number of aliphatic carboxylic acids is 1. The van der Waals surface area contributed by atoms with Crippen LogP contribution in [0.1, 0.15) is 66.2 Å². The standard InChI is InChI=1S/C42H61N15O15/c1-21(54-31(62)19-50-29(60)17-52-38(69)24(9-4-15-48-41(43)44)56-36(67)22-7-2-12-27(58)33(22)64)35(66)47-14-6-11-26(40(71)72)55-32(63)20-51-30(61)18-53-39(70)25(10-5-16-49-42(45)46)57-37(68)23-8-3-13-28(59)34(23)65/h2-3,7-8,12-13,21,24-26,58-59,64-65H,4-6,9-11,14-20H2,1H3,(H,47,66)(H,50,60)(H,51,61)(H,52,69)(H,53,70)(H,54,62)(H,55,63)(H,56,67)(H,57,68)(H,71,72)(H4,43,44,48)(H4,45,46,49)/t21-,24+,25+,26-/m0/s1. The summed E-state index contributed by atoms with van der Waals surface area (Å²) in [5.41, 5.74) is 20.6. The van der Waals surface area contributed by atoms with Crippen LogP contribution in [-0.2, 0) is 38.4 Å². The first-order valence-corrected chi connectivity index (χ1v) is 21.9. The lowest BCUT2D eigenvalue weighted by molar-refractivity contribution is -0.142. The summed E-state index contributed by atoms with van der Waals surface area (Å²) < 4.78 is 0. The molecule has 394 valence electrons. The van der Waals surface area contributed by atoms with Crippen LogP contribution in [0.25, 0.3) is 0 Å². The second kappa shape index (κ2) is 30.4. The summed E-state index contributed by atoms with van der Waals surface area (Å²) >= 11 is 0. The average molecular weight is 1020 g/mol. The van der Waals surface area contributed by atoms with Crippen molar-refractivity contribution in [2.75, 3.05) is 45.8 Å². The van der Waals surface area contributed by atoms with Gasteiger partial charge < -0.3 is 96.3 Å². The largest absolute Gasteiger partial charge is 0.504 e. The number of phenols is 4. The molecule has 0 spiro atoms. The minimum Gasteiger partial charge on any atom is -0.504 e. The van der Waals surface area contributed by atoms with Gasteiger partial charge >= 0.3 is 5.97 Å². The van der Waals surface area contributed by atoms with Crippen molar-refractivity contribution >= 4 is 71.1 Å². The Balaban J connectivity index is 1.77. The van der Waals surface area contributed by atoms with E-state index < -0.39 is 132 Å². The molecule has 0 saturated carbocycles. The lowest BCUT2D eigenvalue weighted by Gasteiger charge is -2.19. The number of nitrogens with one attached hydrogen (secondary N) is 9. The molecule has 0 heterocycles. The first-order valence-electron chi connectivity index (χ1n) is 21.9. The highest BCUT2D eigenvalue weighted by atomic mass is 16.4. The Morgan fingerprint density at radius 1 is 0.500 bits per heavy atom. The van der Waals surface area contributed by atoms with E-state index in [4.69, 9.17) is 22.9 Å². The molecule has 2 aromatic rings. The number of rotatable bonds is 30. The zero-order chi connectivity index (χ0) is 53.9. The van der Waals surface area contributed by atoms with Crippen LogP contribution in [0.4, 0.5) is 0 Å². The van der Waals surface area contributed by atoms with Crippen molar-refractivity contribution in [3.63, 3.8) is 0 Å². The van der Waals surface area contributed by atoms with Crippen LogP contribution in [0.15, 0.2) is 46.4 Å². The fraction of sp³-hybridized carbons (Fsp3) is 0.429. The van der Waals surface area contributed by atoms with E-state index >= 15 is 0 Å². The molecule has 72 heavy (non-hydrogen) atoms. The lowest BCUT2D eigenvalue weighted by Crippen LogP contribution is -2.51. The Morgan fingerprint density at radius 3 is 1.32 bits per heavy atom. The molecule has 0 fully saturated rings. The van der Waals surface area contributed by atoms with Gasteiger partial charge in [-0.25, -0.2) is 4.79 Å². The number of carbonyl (C=O) groups excluding carboxylic acids is 9. The molecular weight excluding hydrogens is 955 g/mol. The van der Waals surface area contributed by atoms with E-state index in [-0.39, 0.29) is 81.2 Å². The van der Waals surface area contributed by atoms with Gasteiger partial charge in [-0.15, -0.1) is 0 Å². The summed E-state index contributed by atoms with van der Waals surface area (Å²) in [5, 5.41) is 70.2. The van der Waals surface area contributed by atoms with Gasteiger partial charge in [-0.05, 0) is 69.7 Å². The zero-order valence-electron chi connectivity index (χ0n) is 39.0. The quantitative estimate of drug-likeness (QED) is 0.0150. The lowest BCUT2D eigenvalue weighted by atomic mass is 10.1. The molecule has 0 unspecified atom stereocenters. The molecule has 2 rings (SSSR count). The van der Waals surface area contributed by atoms with Crippen molar-refractivity contribution in [1.82, 2.24) is 47.9 Å². The first-order chi connectivity index (χ1) is 34.0. The molecule has 22 N–H and O–H groups in total. The van der Waals surface area contributed by atoms with E-state index in [1.807, 2.05) is 0 Å². The predicted octanol–water partition coefficient (Wildman–Crippen LogP) is -6.05. The number of hydrogen-bond acceptors (Lipinski definition) is 16. The molecule has 0 aliphatic heterocycles. The number of carboxylic acid groups (broad SMARTS) is 1. The number of para-hydroxylation sites is 2. The molecule has 30 nitrogen and oxygen atoms in total. The second-order valence-electron chi connectivity index (χ2n) is 15.5. The van der Waals surface area contributed by atoms with Crippen LogP contribution < -0.4 is 70.8 Å². The fourth-order valence-electron chi connectivity index (χ4n) is 6.04. The number of guanidine groups is 2. The summed E-state index contributed by atoms with van der Waals surface area (Å²) in [7, 11) is 0. The van der Waals surface area contributed by atoms with Gasteiger partial charge in [-0.1, -0.05) is 12.1 Å². The Labute approximate surface area is 410 Å². The third kappa shape index (κ3) is 21.9. The van der Waals surface area contributed by atoms with Gasteiger partial charge in [0.25, 0.3) is 11.8 Å². The summed E-state index contributed by atoms with van der Waals surface area (Å²) in [4.78, 5) is 133. The molecule has 0 saturated heterocycles. The average Bonchev–Trinajstić information content (AvgIpc) is 3.32. The van der Waals surface area contributed by atoms with Crippen LogP contribution in [0.3, 0.4) is 0 Å². The number of hydrogen-bond donors (Lipinski definition) is 18. The van der Waals surface area contributed by atoms with Gasteiger partial charge in [0.1, 0.15) is 24.2 Å². The zero-order valence-corrected chi connectivity index (χ0v) is 39.0. The van der Waals surface area contributed by atoms with Gasteiger partial charge in [0, 0.05) is 19.6 Å². The van der Waals surface area contributed by atoms with Crippen LogP contribution in [0.5, 0.6) is 23.0 Å². The van der Waals surface area contributed by atoms with Crippen molar-refractivity contribution in [2.45, 2.75) is 69.6 Å². The fourth-order valence-corrected chi connectivity index (χ4v) is 6.04. The molecule has 4 atom stereocenters. The van der Waals surface area contributed by atoms with E-state index in [2.05, 4.69) is 57.8 Å². The number of phenolic OH excluding ortho intramolecular Hbond substituents is 4. The molecule has 0 aliphatic carbocycles. The van der Waals surface area contributed by atoms with Crippen molar-refractivity contribution < 1.29 is 73.5 Å². The predicted molar refractivity (Wildman–Crippen MR) is 253 cm³/mol. The molecule has 30 heteroatoms. The van der Waals surface area contributed by atoms with Crippen LogP contribution in [0, 0.1) is 0 Å². The number of aliphatic imine (C=N–C) groups is 2. The van der Waals surface area contributed by atoms with Crippen molar-refractivity contribution in [3.8, 4) is 23.0 Å². The maximum absolute atomic E-state index is 13.0. The smallest absolute Gasteiger partial charge is 0.326 e. The summed E-state index contributed by atoms with van der Waals surface area (Å²) in [5.74, 6) is -12.0. The second-order valence-corrected chi connectivity index (χ2v) is 15.5. The maximum atomic E-state index is 13.0. The van der Waals surface area contributed by atoms with Crippen molar-refractivity contribution in [3.05, 3.63) is 47.5 Å². The first kappa shape index (κ1) is 59.0. The van der Waals surface area contributed by atoms with Crippen LogP contribution in [0.2, 0.25) is 0 Å². The molecular formula is C42H61N15O15. The highest BCUT2D eigenvalue weighted by molar-refractivity contribution is 6.02. The topological polar surface area (TPSA) is 509 Å². The van der Waals surface area contributed by atoms with Gasteiger partial charge in [-0.3, -0.25) is 53.1 Å². The SMILES string of the molecule is C[C@H](NC(=O)CNC(=O)CNC(=O)[C@@H](CCCN=C(N)N)NC(=O)c1cccc(O)c1O)C(=O)NCCC[C@H](NC(=O)CNC(=O)CNC(=O)[C@@H](CCCN=C(N)N)NC(=O)c1cccc(O)c1O)C(=O)O. The normalized spacial score (nSPS) is 12.1. The Kier molecular flexibility index (Phi) is 24.9. The monoisotopic (exact) mass is 1020 g/mol. The summed E-state index contributed by atoms with van der Waals surface area (Å²) in [6.07, 6.45) is 0.202. The highest BCUT2D eigenvalue weighted by Gasteiger charge is 2.26. The molecule has 0 radical (unpaired) electrons. The Bertz CT molecular complexity index is 2340. The molecule has 9 amide bonds. The minimum absolute atomic E-state index is 0.0126. The van der Waals surface area contributed by atoms with E-state index in [0.29, 0.717) is 0 Å². The Hall–Kier alpha value is -9.12. The van der Waals surface area contributed by atoms with Gasteiger partial charge in [0.05, 0.1) is 37.3 Å². The Morgan fingerprint density at radius 2 is 0.903 bits per heavy atom. The minimum atomic E-state index is -1.45. The van der Waals surface area contributed by atoms with Gasteiger partial charge in [0.2, 0.25) is 41.4 Å². The number of benzene rings is 2. The third-order valence-electron chi connectivity index (χ3n) is 9.76. The summed E-state index contributed by atoms with van der Waals surface area (Å²) in [6, 6.07) is 2.17. The molecule has 0 aliphatic rings. The van der Waals surface area contributed by atoms with Crippen LogP contribution in [-0.4, -0.2) is 167 Å². The number of carboxylic acids is 1.